The molecule has 0 saturated carbocycles. The van der Waals surface area contributed by atoms with Crippen molar-refractivity contribution in [1.82, 2.24) is 15.0 Å². The highest BCUT2D eigenvalue weighted by atomic mass is 35.5. The molecule has 1 atom stereocenters. The van der Waals surface area contributed by atoms with Gasteiger partial charge in [-0.3, -0.25) is 5.01 Å². The van der Waals surface area contributed by atoms with Crippen LogP contribution in [0, 0.1) is 5.92 Å². The van der Waals surface area contributed by atoms with E-state index in [-0.39, 0.29) is 11.2 Å². The van der Waals surface area contributed by atoms with Crippen LogP contribution in [0.2, 0.25) is 31.0 Å². The Hall–Kier alpha value is -1.74. The number of ether oxygens (including phenoxy) is 2. The lowest BCUT2D eigenvalue weighted by atomic mass is 9.94. The Morgan fingerprint density at radius 1 is 1.30 bits per heavy atom. The van der Waals surface area contributed by atoms with Gasteiger partial charge in [0, 0.05) is 46.8 Å². The van der Waals surface area contributed by atoms with Gasteiger partial charge in [0.2, 0.25) is 5.28 Å². The first-order valence-electron chi connectivity index (χ1n) is 10.4. The number of halogens is 1. The second kappa shape index (κ2) is 10.5. The molecule has 0 N–H and O–H groups in total. The number of hydrazone groups is 1. The third-order valence-corrected chi connectivity index (χ3v) is 6.95. The average molecular weight is 450 g/mol. The van der Waals surface area contributed by atoms with Crippen molar-refractivity contribution in [2.45, 2.75) is 32.1 Å². The molecule has 1 aliphatic carbocycles. The van der Waals surface area contributed by atoms with Crippen molar-refractivity contribution < 1.29 is 9.47 Å². The highest BCUT2D eigenvalue weighted by molar-refractivity contribution is 6.76. The lowest BCUT2D eigenvalue weighted by molar-refractivity contribution is 0.0406. The summed E-state index contributed by atoms with van der Waals surface area (Å²) in [5.74, 6) is 0.962. The van der Waals surface area contributed by atoms with Gasteiger partial charge in [-0.15, -0.1) is 0 Å². The predicted octanol–water partition coefficient (Wildman–Crippen LogP) is 4.03. The highest BCUT2D eigenvalue weighted by Crippen LogP contribution is 2.31. The van der Waals surface area contributed by atoms with E-state index in [2.05, 4.69) is 46.7 Å². The molecule has 2 aliphatic rings. The third kappa shape index (κ3) is 6.38. The van der Waals surface area contributed by atoms with E-state index in [1.807, 2.05) is 17.2 Å². The molecule has 0 saturated heterocycles. The zero-order chi connectivity index (χ0) is 21.6. The first kappa shape index (κ1) is 22.9. The Balaban J connectivity index is 1.69. The van der Waals surface area contributed by atoms with Gasteiger partial charge in [0.1, 0.15) is 12.5 Å². The van der Waals surface area contributed by atoms with E-state index in [0.29, 0.717) is 13.3 Å². The van der Waals surface area contributed by atoms with Gasteiger partial charge < -0.3 is 14.4 Å². The van der Waals surface area contributed by atoms with E-state index in [9.17, 15) is 0 Å². The Kier molecular flexibility index (Phi) is 8.04. The molecule has 3 rings (SSSR count). The predicted molar refractivity (Wildman–Crippen MR) is 125 cm³/mol. The molecule has 1 aromatic rings. The number of nitrogens with zero attached hydrogens (tertiary/aromatic N) is 5. The Labute approximate surface area is 185 Å². The second-order valence-electron chi connectivity index (χ2n) is 8.75. The molecule has 30 heavy (non-hydrogen) atoms. The molecule has 7 nitrogen and oxygen atoms in total. The summed E-state index contributed by atoms with van der Waals surface area (Å²) in [4.78, 5) is 10.7. The van der Waals surface area contributed by atoms with Gasteiger partial charge in [-0.1, -0.05) is 25.7 Å². The number of anilines is 1. The monoisotopic (exact) mass is 449 g/mol. The van der Waals surface area contributed by atoms with Crippen LogP contribution >= 0.6 is 11.6 Å². The van der Waals surface area contributed by atoms with Crippen molar-refractivity contribution in [2.75, 3.05) is 45.0 Å². The molecule has 0 aromatic carbocycles. The molecule has 0 spiro atoms. The minimum absolute atomic E-state index is 0.173. The number of allylic oxidation sites excluding steroid dienone is 3. The Bertz CT molecular complexity index is 809. The maximum atomic E-state index is 6.07. The van der Waals surface area contributed by atoms with Crippen LogP contribution in [0.15, 0.2) is 41.3 Å². The zero-order valence-electron chi connectivity index (χ0n) is 18.3. The number of methoxy groups -OCH3 is 1. The van der Waals surface area contributed by atoms with Crippen molar-refractivity contribution in [1.29, 1.82) is 0 Å². The fourth-order valence-electron chi connectivity index (χ4n) is 3.46. The third-order valence-electron chi connectivity index (χ3n) is 5.06. The van der Waals surface area contributed by atoms with Crippen molar-refractivity contribution in [3.05, 3.63) is 41.5 Å². The van der Waals surface area contributed by atoms with Crippen LogP contribution < -0.4 is 4.90 Å². The molecule has 0 bridgehead atoms. The number of fused-ring (bicyclic) bond motifs is 1. The molecule has 2 heterocycles. The number of rotatable bonds is 11. The van der Waals surface area contributed by atoms with Crippen molar-refractivity contribution in [2.24, 2.45) is 11.0 Å². The molecule has 0 fully saturated rings. The number of hydrogen-bond acceptors (Lipinski definition) is 7. The molecular weight excluding hydrogens is 418 g/mol. The minimum atomic E-state index is -1.09. The standard InChI is InChI=1S/C21H32ClN5O2Si/c1-28-12-6-11-27(20-9-10-23-21(22)24-20)19-8-5-7-18-17(19)15-26(25-18)16-29-13-14-30(2,3)4/h5,7-10,17H,6,11-16H2,1-4H3. The van der Waals surface area contributed by atoms with Crippen molar-refractivity contribution in [3.8, 4) is 0 Å². The summed E-state index contributed by atoms with van der Waals surface area (Å²) in [6.45, 7) is 10.6. The molecule has 0 amide bonds. The van der Waals surface area contributed by atoms with E-state index in [1.165, 1.54) is 0 Å². The summed E-state index contributed by atoms with van der Waals surface area (Å²) in [5.41, 5.74) is 2.21. The van der Waals surface area contributed by atoms with Gasteiger partial charge in [0.05, 0.1) is 18.2 Å². The minimum Gasteiger partial charge on any atom is -0.385 e. The Morgan fingerprint density at radius 3 is 2.87 bits per heavy atom. The van der Waals surface area contributed by atoms with E-state index >= 15 is 0 Å². The van der Waals surface area contributed by atoms with Crippen LogP contribution in [-0.2, 0) is 9.47 Å². The molecule has 1 aliphatic heterocycles. The molecule has 164 valence electrons. The average Bonchev–Trinajstić information content (AvgIpc) is 3.11. The second-order valence-corrected chi connectivity index (χ2v) is 14.7. The molecule has 0 radical (unpaired) electrons. The lowest BCUT2D eigenvalue weighted by Crippen LogP contribution is -2.35. The molecule has 9 heteroatoms. The van der Waals surface area contributed by atoms with Crippen LogP contribution in [0.3, 0.4) is 0 Å². The van der Waals surface area contributed by atoms with Gasteiger partial charge in [-0.05, 0) is 42.3 Å². The van der Waals surface area contributed by atoms with Crippen LogP contribution in [0.4, 0.5) is 5.82 Å². The molecular formula is C21H32ClN5O2Si. The number of hydrogen-bond donors (Lipinski definition) is 0. The summed E-state index contributed by atoms with van der Waals surface area (Å²) in [7, 11) is 0.630. The van der Waals surface area contributed by atoms with Crippen molar-refractivity contribution in [3.63, 3.8) is 0 Å². The Morgan fingerprint density at radius 2 is 2.13 bits per heavy atom. The maximum Gasteiger partial charge on any atom is 0.224 e. The fourth-order valence-corrected chi connectivity index (χ4v) is 4.36. The van der Waals surface area contributed by atoms with Crippen molar-refractivity contribution >= 4 is 31.2 Å². The molecule has 1 aromatic heterocycles. The molecule has 1 unspecified atom stereocenters. The summed E-state index contributed by atoms with van der Waals surface area (Å²) < 4.78 is 11.2. The smallest absolute Gasteiger partial charge is 0.224 e. The summed E-state index contributed by atoms with van der Waals surface area (Å²) in [6, 6.07) is 3.05. The zero-order valence-corrected chi connectivity index (χ0v) is 20.1. The summed E-state index contributed by atoms with van der Waals surface area (Å²) >= 11 is 6.07. The highest BCUT2D eigenvalue weighted by Gasteiger charge is 2.33. The van der Waals surface area contributed by atoms with Gasteiger partial charge in [-0.2, -0.15) is 5.10 Å². The van der Waals surface area contributed by atoms with E-state index in [0.717, 1.165) is 49.4 Å². The quantitative estimate of drug-likeness (QED) is 0.289. The SMILES string of the molecule is COCCCN(C1=CC=CC2=NN(COCC[Si](C)(C)C)CC12)c1ccnc(Cl)n1. The van der Waals surface area contributed by atoms with E-state index in [4.69, 9.17) is 26.2 Å². The first-order valence-corrected chi connectivity index (χ1v) is 14.5. The van der Waals surface area contributed by atoms with Crippen LogP contribution in [0.25, 0.3) is 0 Å². The summed E-state index contributed by atoms with van der Waals surface area (Å²) in [5, 5.41) is 7.05. The first-order chi connectivity index (χ1) is 14.4. The van der Waals surface area contributed by atoms with E-state index in [1.54, 1.807) is 13.3 Å². The van der Waals surface area contributed by atoms with Gasteiger partial charge in [0.15, 0.2) is 0 Å². The van der Waals surface area contributed by atoms with Gasteiger partial charge in [0.25, 0.3) is 0 Å². The van der Waals surface area contributed by atoms with E-state index < -0.39 is 8.07 Å². The lowest BCUT2D eigenvalue weighted by Gasteiger charge is -2.31. The van der Waals surface area contributed by atoms with Crippen LogP contribution in [-0.4, -0.2) is 68.9 Å². The number of aromatic nitrogens is 2. The van der Waals surface area contributed by atoms with Gasteiger partial charge >= 0.3 is 0 Å². The van der Waals surface area contributed by atoms with Crippen LogP contribution in [0.1, 0.15) is 6.42 Å². The summed E-state index contributed by atoms with van der Waals surface area (Å²) in [6.07, 6.45) is 8.84. The van der Waals surface area contributed by atoms with Gasteiger partial charge in [-0.25, -0.2) is 9.97 Å². The van der Waals surface area contributed by atoms with Crippen LogP contribution in [0.5, 0.6) is 0 Å². The normalized spacial score (nSPS) is 18.3. The maximum absolute atomic E-state index is 6.07. The largest absolute Gasteiger partial charge is 0.385 e. The topological polar surface area (TPSA) is 63.1 Å². The fraction of sp³-hybridized carbons (Fsp3) is 0.571.